The second-order valence-corrected chi connectivity index (χ2v) is 8.68. The monoisotopic (exact) mass is 446 g/mol. The summed E-state index contributed by atoms with van der Waals surface area (Å²) < 4.78 is 7.50. The molecule has 154 valence electrons. The maximum Gasteiger partial charge on any atom is 0.249 e. The molecule has 0 unspecified atom stereocenters. The number of methoxy groups -OCH3 is 1. The first-order valence-electron chi connectivity index (χ1n) is 9.78. The highest BCUT2D eigenvalue weighted by Crippen LogP contribution is 2.36. The molecule has 0 aliphatic rings. The molecule has 6 heteroatoms. The number of nitrogens with two attached hydrogens (primary N) is 1. The summed E-state index contributed by atoms with van der Waals surface area (Å²) in [6, 6.07) is 22.0. The summed E-state index contributed by atoms with van der Waals surface area (Å²) in [6.07, 6.45) is 0. The normalized spacial score (nSPS) is 11.3. The number of carbonyl (C=O) groups excluding carboxylic acids is 1. The third-order valence-electron chi connectivity index (χ3n) is 5.52. The molecule has 0 saturated carbocycles. The van der Waals surface area contributed by atoms with E-state index in [1.54, 1.807) is 24.5 Å². The maximum absolute atomic E-state index is 12.2. The summed E-state index contributed by atoms with van der Waals surface area (Å²) in [6.45, 7) is 0.597. The minimum Gasteiger partial charge on any atom is -0.495 e. The Kier molecular flexibility index (Phi) is 4.93. The third kappa shape index (κ3) is 3.36. The first-order chi connectivity index (χ1) is 15.1. The van der Waals surface area contributed by atoms with Gasteiger partial charge in [0.25, 0.3) is 0 Å². The standard InChI is InChI=1S/C25H19ClN2O2S/c1-30-22-10-7-15(12-19(22)26)14-28-20-5-2-4-18(25(27)29)24(20)17-9-8-16(13-21(17)28)23-6-3-11-31-23/h2-13H,14H2,1H3,(H2,27,29). The zero-order valence-electron chi connectivity index (χ0n) is 16.8. The zero-order valence-corrected chi connectivity index (χ0v) is 18.3. The molecule has 0 spiro atoms. The fourth-order valence-corrected chi connectivity index (χ4v) is 5.11. The van der Waals surface area contributed by atoms with Crippen LogP contribution in [0.1, 0.15) is 15.9 Å². The largest absolute Gasteiger partial charge is 0.495 e. The molecule has 5 rings (SSSR count). The topological polar surface area (TPSA) is 57.2 Å². The SMILES string of the molecule is COc1ccc(Cn2c3cc(-c4cccs4)ccc3c3c(C(N)=O)cccc32)cc1Cl. The van der Waals surface area contributed by atoms with Crippen LogP contribution in [0.15, 0.2) is 72.1 Å². The number of nitrogens with zero attached hydrogens (tertiary/aromatic N) is 1. The lowest BCUT2D eigenvalue weighted by molar-refractivity contribution is 0.100. The molecule has 0 bridgehead atoms. The Balaban J connectivity index is 1.77. The van der Waals surface area contributed by atoms with E-state index in [1.165, 1.54) is 4.88 Å². The number of hydrogen-bond donors (Lipinski definition) is 1. The summed E-state index contributed by atoms with van der Waals surface area (Å²) >= 11 is 8.07. The number of carbonyl (C=O) groups is 1. The van der Waals surface area contributed by atoms with Gasteiger partial charge in [-0.25, -0.2) is 0 Å². The van der Waals surface area contributed by atoms with Gasteiger partial charge in [-0.3, -0.25) is 4.79 Å². The van der Waals surface area contributed by atoms with Crippen molar-refractivity contribution in [2.24, 2.45) is 5.73 Å². The highest BCUT2D eigenvalue weighted by atomic mass is 35.5. The fourth-order valence-electron chi connectivity index (χ4n) is 4.11. The Bertz CT molecular complexity index is 1440. The van der Waals surface area contributed by atoms with Gasteiger partial charge >= 0.3 is 0 Å². The van der Waals surface area contributed by atoms with Crippen molar-refractivity contribution in [3.05, 3.63) is 88.3 Å². The smallest absolute Gasteiger partial charge is 0.249 e. The Hall–Kier alpha value is -3.28. The van der Waals surface area contributed by atoms with Crippen molar-refractivity contribution in [1.29, 1.82) is 0 Å². The Labute approximate surface area is 188 Å². The molecule has 3 aromatic carbocycles. The van der Waals surface area contributed by atoms with Crippen molar-refractivity contribution >= 4 is 50.7 Å². The van der Waals surface area contributed by atoms with Crippen LogP contribution in [0.5, 0.6) is 5.75 Å². The van der Waals surface area contributed by atoms with Crippen LogP contribution < -0.4 is 10.5 Å². The van der Waals surface area contributed by atoms with Gasteiger partial charge in [0.1, 0.15) is 5.75 Å². The lowest BCUT2D eigenvalue weighted by atomic mass is 10.0. The average molecular weight is 447 g/mol. The van der Waals surface area contributed by atoms with Crippen LogP contribution >= 0.6 is 22.9 Å². The molecule has 4 nitrogen and oxygen atoms in total. The van der Waals surface area contributed by atoms with Crippen LogP contribution in [0, 0.1) is 0 Å². The molecule has 0 atom stereocenters. The van der Waals surface area contributed by atoms with E-state index < -0.39 is 5.91 Å². The molecule has 0 fully saturated rings. The van der Waals surface area contributed by atoms with Crippen molar-refractivity contribution in [1.82, 2.24) is 4.57 Å². The highest BCUT2D eigenvalue weighted by molar-refractivity contribution is 7.13. The van der Waals surface area contributed by atoms with Gasteiger partial charge in [-0.15, -0.1) is 11.3 Å². The number of benzene rings is 3. The van der Waals surface area contributed by atoms with Crippen molar-refractivity contribution < 1.29 is 9.53 Å². The lowest BCUT2D eigenvalue weighted by Gasteiger charge is -2.11. The number of hydrogen-bond acceptors (Lipinski definition) is 3. The van der Waals surface area contributed by atoms with Gasteiger partial charge in [0.2, 0.25) is 5.91 Å². The van der Waals surface area contributed by atoms with Crippen LogP contribution in [0.25, 0.3) is 32.2 Å². The zero-order chi connectivity index (χ0) is 21.5. The first-order valence-corrected chi connectivity index (χ1v) is 11.0. The van der Waals surface area contributed by atoms with Gasteiger partial charge in [-0.05, 0) is 52.9 Å². The molecule has 0 saturated heterocycles. The summed E-state index contributed by atoms with van der Waals surface area (Å²) in [5.41, 5.74) is 10.4. The predicted octanol–water partition coefficient (Wildman–Crippen LogP) is 6.33. The second-order valence-electron chi connectivity index (χ2n) is 7.33. The Morgan fingerprint density at radius 3 is 2.65 bits per heavy atom. The molecule has 0 aliphatic heterocycles. The van der Waals surface area contributed by atoms with E-state index in [-0.39, 0.29) is 0 Å². The summed E-state index contributed by atoms with van der Waals surface area (Å²) in [5, 5.41) is 4.52. The maximum atomic E-state index is 12.2. The van der Waals surface area contributed by atoms with E-state index >= 15 is 0 Å². The number of amides is 1. The average Bonchev–Trinajstić information content (AvgIpc) is 3.41. The number of fused-ring (bicyclic) bond motifs is 3. The number of aromatic nitrogens is 1. The van der Waals surface area contributed by atoms with Gasteiger partial charge in [-0.2, -0.15) is 0 Å². The van der Waals surface area contributed by atoms with Crippen LogP contribution in [0.4, 0.5) is 0 Å². The van der Waals surface area contributed by atoms with Gasteiger partial charge < -0.3 is 15.0 Å². The summed E-state index contributed by atoms with van der Waals surface area (Å²) in [7, 11) is 1.60. The summed E-state index contributed by atoms with van der Waals surface area (Å²) in [4.78, 5) is 13.4. The van der Waals surface area contributed by atoms with E-state index in [1.807, 2.05) is 36.4 Å². The molecule has 2 N–H and O–H groups in total. The summed E-state index contributed by atoms with van der Waals surface area (Å²) in [5.74, 6) is 0.211. The number of halogens is 1. The molecule has 2 aromatic heterocycles. The van der Waals surface area contributed by atoms with Gasteiger partial charge in [-0.1, -0.05) is 41.9 Å². The highest BCUT2D eigenvalue weighted by Gasteiger charge is 2.17. The van der Waals surface area contributed by atoms with Crippen LogP contribution in [0.3, 0.4) is 0 Å². The van der Waals surface area contributed by atoms with Crippen molar-refractivity contribution in [2.45, 2.75) is 6.54 Å². The van der Waals surface area contributed by atoms with E-state index in [2.05, 4.69) is 34.2 Å². The fraction of sp³-hybridized carbons (Fsp3) is 0.0800. The predicted molar refractivity (Wildman–Crippen MR) is 128 cm³/mol. The number of rotatable bonds is 5. The van der Waals surface area contributed by atoms with Crippen LogP contribution in [0.2, 0.25) is 5.02 Å². The molecule has 5 aromatic rings. The molecule has 1 amide bonds. The van der Waals surface area contributed by atoms with Gasteiger partial charge in [0.05, 0.1) is 23.2 Å². The van der Waals surface area contributed by atoms with E-state index in [0.717, 1.165) is 32.9 Å². The minimum atomic E-state index is -0.431. The molecule has 0 radical (unpaired) electrons. The third-order valence-corrected chi connectivity index (χ3v) is 6.73. The van der Waals surface area contributed by atoms with Crippen molar-refractivity contribution in [3.63, 3.8) is 0 Å². The number of thiophene rings is 1. The van der Waals surface area contributed by atoms with E-state index in [4.69, 9.17) is 22.1 Å². The lowest BCUT2D eigenvalue weighted by Crippen LogP contribution is -2.11. The van der Waals surface area contributed by atoms with Crippen LogP contribution in [-0.2, 0) is 6.54 Å². The van der Waals surface area contributed by atoms with E-state index in [0.29, 0.717) is 22.9 Å². The molecule has 0 aliphatic carbocycles. The minimum absolute atomic E-state index is 0.431. The van der Waals surface area contributed by atoms with E-state index in [9.17, 15) is 4.79 Å². The number of ether oxygens (including phenoxy) is 1. The Morgan fingerprint density at radius 1 is 1.06 bits per heavy atom. The molecule has 2 heterocycles. The van der Waals surface area contributed by atoms with Gasteiger partial charge in [0, 0.05) is 27.8 Å². The quantitative estimate of drug-likeness (QED) is 0.343. The van der Waals surface area contributed by atoms with Crippen molar-refractivity contribution in [2.75, 3.05) is 7.11 Å². The van der Waals surface area contributed by atoms with Crippen molar-refractivity contribution in [3.8, 4) is 16.2 Å². The van der Waals surface area contributed by atoms with Gasteiger partial charge in [0.15, 0.2) is 0 Å². The molecular weight excluding hydrogens is 428 g/mol. The molecular formula is C25H19ClN2O2S. The Morgan fingerprint density at radius 2 is 1.94 bits per heavy atom. The number of primary amides is 1. The first kappa shape index (κ1) is 19.7. The van der Waals surface area contributed by atoms with Crippen LogP contribution in [-0.4, -0.2) is 17.6 Å². The second kappa shape index (κ2) is 7.76. The molecule has 31 heavy (non-hydrogen) atoms.